The van der Waals surface area contributed by atoms with Crippen LogP contribution in [-0.4, -0.2) is 43.8 Å². The van der Waals surface area contributed by atoms with Gasteiger partial charge in [0.15, 0.2) is 0 Å². The molecule has 0 atom stereocenters. The quantitative estimate of drug-likeness (QED) is 0.718. The van der Waals surface area contributed by atoms with Crippen LogP contribution in [-0.2, 0) is 21.4 Å². The average molecular weight is 300 g/mol. The molecule has 0 saturated heterocycles. The number of rotatable bonds is 7. The van der Waals surface area contributed by atoms with Crippen molar-refractivity contribution in [3.63, 3.8) is 0 Å². The zero-order valence-corrected chi connectivity index (χ0v) is 12.5. The maximum atomic E-state index is 12.2. The fourth-order valence-electron chi connectivity index (χ4n) is 1.47. The zero-order valence-electron chi connectivity index (χ0n) is 11.7. The highest BCUT2D eigenvalue weighted by molar-refractivity contribution is 7.89. The van der Waals surface area contributed by atoms with Crippen molar-refractivity contribution in [2.45, 2.75) is 24.8 Å². The van der Waals surface area contributed by atoms with Gasteiger partial charge in [-0.25, -0.2) is 8.42 Å². The van der Waals surface area contributed by atoms with Crippen LogP contribution in [0.1, 0.15) is 19.0 Å². The van der Waals surface area contributed by atoms with E-state index in [4.69, 9.17) is 5.73 Å². The number of aromatic nitrogens is 1. The van der Waals surface area contributed by atoms with E-state index in [9.17, 15) is 13.2 Å². The number of carbonyl (C=O) groups excluding carboxylic acids is 1. The number of nitrogens with one attached hydrogen (secondary N) is 1. The molecule has 0 saturated carbocycles. The molecule has 1 amide bonds. The van der Waals surface area contributed by atoms with Crippen LogP contribution in [0.15, 0.2) is 23.2 Å². The molecular weight excluding hydrogens is 280 g/mol. The van der Waals surface area contributed by atoms with Gasteiger partial charge < -0.3 is 11.1 Å². The highest BCUT2D eigenvalue weighted by Crippen LogP contribution is 2.13. The summed E-state index contributed by atoms with van der Waals surface area (Å²) in [7, 11) is -2.36. The highest BCUT2D eigenvalue weighted by atomic mass is 32.2. The van der Waals surface area contributed by atoms with E-state index in [1.54, 1.807) is 6.07 Å². The second-order valence-electron chi connectivity index (χ2n) is 4.30. The van der Waals surface area contributed by atoms with Crippen molar-refractivity contribution in [1.82, 2.24) is 14.6 Å². The van der Waals surface area contributed by atoms with Crippen molar-refractivity contribution >= 4 is 15.9 Å². The first-order chi connectivity index (χ1) is 9.41. The van der Waals surface area contributed by atoms with Gasteiger partial charge in [0.1, 0.15) is 4.90 Å². The van der Waals surface area contributed by atoms with E-state index in [0.29, 0.717) is 12.2 Å². The normalized spacial score (nSPS) is 11.6. The summed E-state index contributed by atoms with van der Waals surface area (Å²) in [5.74, 6) is -0.329. The number of nitrogens with two attached hydrogens (primary N) is 1. The molecule has 3 N–H and O–H groups in total. The van der Waals surface area contributed by atoms with Gasteiger partial charge in [-0.3, -0.25) is 9.78 Å². The van der Waals surface area contributed by atoms with Crippen LogP contribution in [0.25, 0.3) is 0 Å². The molecule has 0 aromatic carbocycles. The van der Waals surface area contributed by atoms with Gasteiger partial charge in [-0.2, -0.15) is 4.31 Å². The van der Waals surface area contributed by atoms with Crippen molar-refractivity contribution in [2.75, 3.05) is 20.1 Å². The number of carbonyl (C=O) groups is 1. The molecule has 0 unspecified atom stereocenters. The van der Waals surface area contributed by atoms with Crippen LogP contribution < -0.4 is 11.1 Å². The van der Waals surface area contributed by atoms with Gasteiger partial charge in [0.25, 0.3) is 0 Å². The molecule has 0 aliphatic rings. The van der Waals surface area contributed by atoms with Crippen LogP contribution in [0.3, 0.4) is 0 Å². The van der Waals surface area contributed by atoms with Crippen molar-refractivity contribution in [3.05, 3.63) is 24.0 Å². The van der Waals surface area contributed by atoms with E-state index in [0.717, 1.165) is 10.7 Å². The summed E-state index contributed by atoms with van der Waals surface area (Å²) in [4.78, 5) is 15.5. The molecule has 7 nitrogen and oxygen atoms in total. The van der Waals surface area contributed by atoms with E-state index in [1.165, 1.54) is 19.3 Å². The van der Waals surface area contributed by atoms with Crippen LogP contribution in [0.4, 0.5) is 0 Å². The van der Waals surface area contributed by atoms with Crippen molar-refractivity contribution in [1.29, 1.82) is 0 Å². The minimum Gasteiger partial charge on any atom is -0.355 e. The molecule has 1 heterocycles. The number of likely N-dealkylation sites (N-methyl/N-ethyl adjacent to an activating group) is 1. The van der Waals surface area contributed by atoms with Gasteiger partial charge in [-0.05, 0) is 18.6 Å². The summed E-state index contributed by atoms with van der Waals surface area (Å²) in [6, 6.07) is 2.99. The third-order valence-corrected chi connectivity index (χ3v) is 4.44. The summed E-state index contributed by atoms with van der Waals surface area (Å²) in [5, 5.41) is 2.63. The molecule has 1 aromatic heterocycles. The van der Waals surface area contributed by atoms with E-state index >= 15 is 0 Å². The minimum absolute atomic E-state index is 0.0421. The summed E-state index contributed by atoms with van der Waals surface area (Å²) < 4.78 is 25.4. The molecule has 0 bridgehead atoms. The highest BCUT2D eigenvalue weighted by Gasteiger charge is 2.23. The lowest BCUT2D eigenvalue weighted by Crippen LogP contribution is -2.38. The molecule has 1 aromatic rings. The van der Waals surface area contributed by atoms with Gasteiger partial charge in [0, 0.05) is 26.3 Å². The molecule has 0 aliphatic heterocycles. The lowest BCUT2D eigenvalue weighted by atomic mass is 10.4. The smallest absolute Gasteiger partial charge is 0.244 e. The molecule has 1 rings (SSSR count). The fraction of sp³-hybridized carbons (Fsp3) is 0.500. The third kappa shape index (κ3) is 4.26. The molecule has 20 heavy (non-hydrogen) atoms. The monoisotopic (exact) mass is 300 g/mol. The fourth-order valence-corrected chi connectivity index (χ4v) is 2.54. The minimum atomic E-state index is -3.71. The van der Waals surface area contributed by atoms with Gasteiger partial charge in [-0.1, -0.05) is 6.92 Å². The lowest BCUT2D eigenvalue weighted by molar-refractivity contribution is -0.121. The predicted octanol–water partition coefficient (Wildman–Crippen LogP) is -0.313. The topological polar surface area (TPSA) is 105 Å². The standard InChI is InChI=1S/C12H20N4O3S/c1-3-6-14-12(17)9-16(2)20(18,19)11-5-4-10(7-13)15-8-11/h4-5,8H,3,6-7,9,13H2,1-2H3,(H,14,17). The van der Waals surface area contributed by atoms with E-state index in [-0.39, 0.29) is 23.9 Å². The zero-order chi connectivity index (χ0) is 15.2. The maximum Gasteiger partial charge on any atom is 0.244 e. The van der Waals surface area contributed by atoms with Crippen LogP contribution in [0, 0.1) is 0 Å². The van der Waals surface area contributed by atoms with Crippen LogP contribution in [0.5, 0.6) is 0 Å². The second-order valence-corrected chi connectivity index (χ2v) is 6.35. The number of sulfonamides is 1. The Balaban J connectivity index is 2.78. The molecule has 112 valence electrons. The Bertz CT molecular complexity index is 542. The SMILES string of the molecule is CCCNC(=O)CN(C)S(=O)(=O)c1ccc(CN)nc1. The number of nitrogens with zero attached hydrogens (tertiary/aromatic N) is 2. The summed E-state index contributed by atoms with van der Waals surface area (Å²) in [6.45, 7) is 2.47. The van der Waals surface area contributed by atoms with Crippen molar-refractivity contribution < 1.29 is 13.2 Å². The Morgan fingerprint density at radius 2 is 2.15 bits per heavy atom. The van der Waals surface area contributed by atoms with Crippen LogP contribution in [0.2, 0.25) is 0 Å². The second kappa shape index (κ2) is 7.32. The maximum absolute atomic E-state index is 12.2. The molecular formula is C12H20N4O3S. The third-order valence-electron chi connectivity index (χ3n) is 2.65. The average Bonchev–Trinajstić information content (AvgIpc) is 2.45. The van der Waals surface area contributed by atoms with E-state index in [1.807, 2.05) is 6.92 Å². The Kier molecular flexibility index (Phi) is 6.05. The summed E-state index contributed by atoms with van der Waals surface area (Å²) >= 11 is 0. The first-order valence-corrected chi connectivity index (χ1v) is 7.73. The molecule has 8 heteroatoms. The first-order valence-electron chi connectivity index (χ1n) is 6.29. The molecule has 0 spiro atoms. The van der Waals surface area contributed by atoms with Gasteiger partial charge in [-0.15, -0.1) is 0 Å². The number of hydrogen-bond acceptors (Lipinski definition) is 5. The molecule has 0 fully saturated rings. The number of pyridine rings is 1. The van der Waals surface area contributed by atoms with Crippen molar-refractivity contribution in [2.24, 2.45) is 5.73 Å². The predicted molar refractivity (Wildman–Crippen MR) is 75.2 cm³/mol. The number of hydrogen-bond donors (Lipinski definition) is 2. The number of amides is 1. The van der Waals surface area contributed by atoms with Gasteiger partial charge >= 0.3 is 0 Å². The van der Waals surface area contributed by atoms with Crippen molar-refractivity contribution in [3.8, 4) is 0 Å². The lowest BCUT2D eigenvalue weighted by Gasteiger charge is -2.16. The van der Waals surface area contributed by atoms with Gasteiger partial charge in [0.2, 0.25) is 15.9 Å². The molecule has 0 aliphatic carbocycles. The van der Waals surface area contributed by atoms with E-state index in [2.05, 4.69) is 10.3 Å². The Morgan fingerprint density at radius 1 is 1.45 bits per heavy atom. The Morgan fingerprint density at radius 3 is 2.65 bits per heavy atom. The Labute approximate surface area is 119 Å². The van der Waals surface area contributed by atoms with Crippen LogP contribution >= 0.6 is 0 Å². The largest absolute Gasteiger partial charge is 0.355 e. The molecule has 0 radical (unpaired) electrons. The summed E-state index contributed by atoms with van der Waals surface area (Å²) in [5.41, 5.74) is 6.01. The first kappa shape index (κ1) is 16.5. The Hall–Kier alpha value is -1.51. The van der Waals surface area contributed by atoms with Gasteiger partial charge in [0.05, 0.1) is 12.2 Å². The van der Waals surface area contributed by atoms with E-state index < -0.39 is 10.0 Å². The summed E-state index contributed by atoms with van der Waals surface area (Å²) in [6.07, 6.45) is 2.05.